The van der Waals surface area contributed by atoms with Crippen LogP contribution in [0.15, 0.2) is 12.4 Å². The molecule has 0 aliphatic rings. The first-order chi connectivity index (χ1) is 8.80. The van der Waals surface area contributed by atoms with Gasteiger partial charge in [0.25, 0.3) is 0 Å². The zero-order valence-corrected chi connectivity index (χ0v) is 11.5. The van der Waals surface area contributed by atoms with Gasteiger partial charge in [0.15, 0.2) is 5.82 Å². The Labute approximate surface area is 110 Å². The normalized spacial score (nSPS) is 11.8. The van der Waals surface area contributed by atoms with E-state index in [-0.39, 0.29) is 12.1 Å². The monoisotopic (exact) mass is 263 g/mol. The van der Waals surface area contributed by atoms with Crippen LogP contribution in [0.4, 0.5) is 5.82 Å². The maximum atomic E-state index is 11.1. The SMILES string of the molecule is Cc1nnc2c(N(CC(=O)O)C(C)(C)C)nccn12. The van der Waals surface area contributed by atoms with E-state index in [2.05, 4.69) is 15.2 Å². The Kier molecular flexibility index (Phi) is 3.13. The molecular formula is C12H17N5O2. The number of nitrogens with zero attached hydrogens (tertiary/aromatic N) is 5. The average molecular weight is 263 g/mol. The molecule has 0 bridgehead atoms. The van der Waals surface area contributed by atoms with Crippen LogP contribution < -0.4 is 4.90 Å². The number of hydrogen-bond acceptors (Lipinski definition) is 5. The van der Waals surface area contributed by atoms with Crippen molar-refractivity contribution in [3.05, 3.63) is 18.2 Å². The summed E-state index contributed by atoms with van der Waals surface area (Å²) in [7, 11) is 0. The largest absolute Gasteiger partial charge is 0.480 e. The topological polar surface area (TPSA) is 83.6 Å². The van der Waals surface area contributed by atoms with Crippen molar-refractivity contribution in [2.45, 2.75) is 33.2 Å². The second-order valence-electron chi connectivity index (χ2n) is 5.34. The quantitative estimate of drug-likeness (QED) is 0.893. The number of carbonyl (C=O) groups is 1. The van der Waals surface area contributed by atoms with Crippen LogP contribution in [-0.2, 0) is 4.79 Å². The van der Waals surface area contributed by atoms with E-state index in [4.69, 9.17) is 5.11 Å². The van der Waals surface area contributed by atoms with Gasteiger partial charge >= 0.3 is 5.97 Å². The number of carboxylic acids is 1. The minimum absolute atomic E-state index is 0.137. The van der Waals surface area contributed by atoms with E-state index in [1.165, 1.54) is 0 Å². The van der Waals surface area contributed by atoms with Gasteiger partial charge in [-0.3, -0.25) is 9.20 Å². The van der Waals surface area contributed by atoms with Crippen LogP contribution in [0.5, 0.6) is 0 Å². The lowest BCUT2D eigenvalue weighted by molar-refractivity contribution is -0.135. The van der Waals surface area contributed by atoms with Gasteiger partial charge in [-0.15, -0.1) is 10.2 Å². The molecule has 0 unspecified atom stereocenters. The third-order valence-electron chi connectivity index (χ3n) is 2.84. The Balaban J connectivity index is 2.59. The zero-order valence-electron chi connectivity index (χ0n) is 11.5. The molecule has 2 heterocycles. The summed E-state index contributed by atoms with van der Waals surface area (Å²) in [6.45, 7) is 7.50. The van der Waals surface area contributed by atoms with E-state index in [0.717, 1.165) is 5.82 Å². The molecule has 0 aliphatic carbocycles. The van der Waals surface area contributed by atoms with Gasteiger partial charge in [0.1, 0.15) is 12.4 Å². The van der Waals surface area contributed by atoms with Gasteiger partial charge in [-0.1, -0.05) is 0 Å². The summed E-state index contributed by atoms with van der Waals surface area (Å²) >= 11 is 0. The average Bonchev–Trinajstić information content (AvgIpc) is 2.67. The molecule has 0 fully saturated rings. The fraction of sp³-hybridized carbons (Fsp3) is 0.500. The highest BCUT2D eigenvalue weighted by atomic mass is 16.4. The van der Waals surface area contributed by atoms with E-state index in [9.17, 15) is 4.79 Å². The summed E-state index contributed by atoms with van der Waals surface area (Å²) in [6, 6.07) is 0. The molecule has 0 aliphatic heterocycles. The van der Waals surface area contributed by atoms with Gasteiger partial charge in [0, 0.05) is 17.9 Å². The van der Waals surface area contributed by atoms with Crippen LogP contribution in [0.25, 0.3) is 5.65 Å². The molecule has 1 N–H and O–H groups in total. The lowest BCUT2D eigenvalue weighted by atomic mass is 10.1. The molecule has 19 heavy (non-hydrogen) atoms. The molecule has 0 atom stereocenters. The van der Waals surface area contributed by atoms with Gasteiger partial charge in [-0.2, -0.15) is 0 Å². The number of rotatable bonds is 3. The van der Waals surface area contributed by atoms with Crippen molar-refractivity contribution in [1.29, 1.82) is 0 Å². The Morgan fingerprint density at radius 1 is 1.42 bits per heavy atom. The molecule has 102 valence electrons. The highest BCUT2D eigenvalue weighted by Gasteiger charge is 2.27. The minimum Gasteiger partial charge on any atom is -0.480 e. The fourth-order valence-corrected chi connectivity index (χ4v) is 1.88. The molecule has 0 saturated carbocycles. The lowest BCUT2D eigenvalue weighted by Gasteiger charge is -2.35. The van der Waals surface area contributed by atoms with Gasteiger partial charge in [-0.25, -0.2) is 4.98 Å². The predicted octanol–water partition coefficient (Wildman–Crippen LogP) is 1.12. The first kappa shape index (κ1) is 13.3. The molecule has 7 nitrogen and oxygen atoms in total. The summed E-state index contributed by atoms with van der Waals surface area (Å²) < 4.78 is 1.79. The number of aliphatic carboxylic acids is 1. The number of hydrogen-bond donors (Lipinski definition) is 1. The van der Waals surface area contributed by atoms with Crippen LogP contribution >= 0.6 is 0 Å². The Hall–Kier alpha value is -2.18. The Morgan fingerprint density at radius 3 is 2.68 bits per heavy atom. The number of carboxylic acid groups (broad SMARTS) is 1. The molecule has 7 heteroatoms. The van der Waals surface area contributed by atoms with E-state index in [1.54, 1.807) is 21.7 Å². The lowest BCUT2D eigenvalue weighted by Crippen LogP contribution is -2.45. The number of aromatic nitrogens is 4. The van der Waals surface area contributed by atoms with Gasteiger partial charge in [-0.05, 0) is 27.7 Å². The van der Waals surface area contributed by atoms with Crippen LogP contribution in [0, 0.1) is 6.92 Å². The van der Waals surface area contributed by atoms with Gasteiger partial charge in [0.2, 0.25) is 5.65 Å². The van der Waals surface area contributed by atoms with E-state index >= 15 is 0 Å². The van der Waals surface area contributed by atoms with E-state index in [0.29, 0.717) is 11.5 Å². The van der Waals surface area contributed by atoms with Crippen molar-refractivity contribution in [2.24, 2.45) is 0 Å². The Morgan fingerprint density at radius 2 is 2.11 bits per heavy atom. The molecule has 0 radical (unpaired) electrons. The number of anilines is 1. The molecule has 0 spiro atoms. The summed E-state index contributed by atoms with van der Waals surface area (Å²) in [5, 5.41) is 17.1. The molecular weight excluding hydrogens is 246 g/mol. The summed E-state index contributed by atoms with van der Waals surface area (Å²) in [6.07, 6.45) is 3.38. The first-order valence-electron chi connectivity index (χ1n) is 5.96. The van der Waals surface area contributed by atoms with Crippen molar-refractivity contribution < 1.29 is 9.90 Å². The second-order valence-corrected chi connectivity index (χ2v) is 5.34. The smallest absolute Gasteiger partial charge is 0.323 e. The van der Waals surface area contributed by atoms with Gasteiger partial charge in [0.05, 0.1) is 0 Å². The fourth-order valence-electron chi connectivity index (χ4n) is 1.88. The molecule has 2 aromatic heterocycles. The predicted molar refractivity (Wildman–Crippen MR) is 70.3 cm³/mol. The van der Waals surface area contributed by atoms with E-state index < -0.39 is 5.97 Å². The second kappa shape index (κ2) is 4.49. The molecule has 2 rings (SSSR count). The van der Waals surface area contributed by atoms with Crippen molar-refractivity contribution in [2.75, 3.05) is 11.4 Å². The van der Waals surface area contributed by atoms with Crippen molar-refractivity contribution in [1.82, 2.24) is 19.6 Å². The summed E-state index contributed by atoms with van der Waals surface area (Å²) in [5.74, 6) is 0.357. The van der Waals surface area contributed by atoms with Crippen molar-refractivity contribution in [3.63, 3.8) is 0 Å². The zero-order chi connectivity index (χ0) is 14.2. The Bertz CT molecular complexity index is 614. The number of aryl methyl sites for hydroxylation is 1. The van der Waals surface area contributed by atoms with Crippen LogP contribution in [0.3, 0.4) is 0 Å². The van der Waals surface area contributed by atoms with Crippen LogP contribution in [-0.4, -0.2) is 42.7 Å². The minimum atomic E-state index is -0.907. The van der Waals surface area contributed by atoms with Crippen molar-refractivity contribution >= 4 is 17.4 Å². The molecule has 0 saturated heterocycles. The highest BCUT2D eigenvalue weighted by molar-refractivity contribution is 5.76. The van der Waals surface area contributed by atoms with Crippen LogP contribution in [0.2, 0.25) is 0 Å². The van der Waals surface area contributed by atoms with Crippen molar-refractivity contribution in [3.8, 4) is 0 Å². The molecule has 2 aromatic rings. The maximum Gasteiger partial charge on any atom is 0.323 e. The first-order valence-corrected chi connectivity index (χ1v) is 5.96. The van der Waals surface area contributed by atoms with E-state index in [1.807, 2.05) is 27.7 Å². The number of fused-ring (bicyclic) bond motifs is 1. The van der Waals surface area contributed by atoms with Gasteiger partial charge < -0.3 is 10.0 Å². The molecule has 0 aromatic carbocycles. The standard InChI is InChI=1S/C12H17N5O2/c1-8-14-15-11-10(13-5-6-16(8)11)17(7-9(18)19)12(2,3)4/h5-6H,7H2,1-4H3,(H,18,19). The third-order valence-corrected chi connectivity index (χ3v) is 2.84. The third kappa shape index (κ3) is 2.49. The highest BCUT2D eigenvalue weighted by Crippen LogP contribution is 2.24. The maximum absolute atomic E-state index is 11.1. The molecule has 0 amide bonds. The van der Waals surface area contributed by atoms with Crippen LogP contribution in [0.1, 0.15) is 26.6 Å². The summed E-state index contributed by atoms with van der Waals surface area (Å²) in [4.78, 5) is 17.0. The summed E-state index contributed by atoms with van der Waals surface area (Å²) in [5.41, 5.74) is 0.184.